The monoisotopic (exact) mass is 318 g/mol. The maximum absolute atomic E-state index is 12.7. The highest BCUT2D eigenvalue weighted by Crippen LogP contribution is 2.39. The second kappa shape index (κ2) is 6.28. The van der Waals surface area contributed by atoms with E-state index in [1.807, 2.05) is 4.90 Å². The summed E-state index contributed by atoms with van der Waals surface area (Å²) in [5, 5.41) is 9.06. The van der Waals surface area contributed by atoms with Gasteiger partial charge in [0.1, 0.15) is 5.69 Å². The lowest BCUT2D eigenvalue weighted by atomic mass is 9.74. The molecule has 2 aliphatic heterocycles. The number of nitrogens with zero attached hydrogens (tertiary/aromatic N) is 2. The maximum atomic E-state index is 12.7. The van der Waals surface area contributed by atoms with Crippen molar-refractivity contribution in [2.24, 2.45) is 5.41 Å². The van der Waals surface area contributed by atoms with Gasteiger partial charge in [-0.3, -0.25) is 4.79 Å². The number of likely N-dealkylation sites (tertiary alicyclic amines) is 1. The Morgan fingerprint density at radius 3 is 2.65 bits per heavy atom. The summed E-state index contributed by atoms with van der Waals surface area (Å²) in [6.07, 6.45) is 4.14. The Morgan fingerprint density at radius 1 is 1.26 bits per heavy atom. The molecule has 2 fully saturated rings. The molecule has 1 N–H and O–H groups in total. The Bertz CT molecular complexity index is 618. The highest BCUT2D eigenvalue weighted by Gasteiger charge is 2.38. The molecule has 3 rings (SSSR count). The highest BCUT2D eigenvalue weighted by molar-refractivity contribution is 5.94. The van der Waals surface area contributed by atoms with Crippen LogP contribution in [0, 0.1) is 12.3 Å². The lowest BCUT2D eigenvalue weighted by Gasteiger charge is -2.45. The first-order chi connectivity index (χ1) is 11.0. The van der Waals surface area contributed by atoms with E-state index in [4.69, 9.17) is 9.84 Å². The van der Waals surface area contributed by atoms with Crippen molar-refractivity contribution in [2.75, 3.05) is 26.3 Å². The predicted molar refractivity (Wildman–Crippen MR) is 83.6 cm³/mol. The molecule has 1 aromatic rings. The summed E-state index contributed by atoms with van der Waals surface area (Å²) in [4.78, 5) is 29.9. The van der Waals surface area contributed by atoms with Crippen LogP contribution in [-0.2, 0) is 4.74 Å². The van der Waals surface area contributed by atoms with Crippen molar-refractivity contribution < 1.29 is 19.4 Å². The van der Waals surface area contributed by atoms with Crippen LogP contribution in [0.4, 0.5) is 0 Å². The number of aromatic nitrogens is 1. The lowest BCUT2D eigenvalue weighted by molar-refractivity contribution is -0.0230. The fraction of sp³-hybridized carbons (Fsp3) is 0.588. The van der Waals surface area contributed by atoms with Gasteiger partial charge in [0.25, 0.3) is 5.91 Å². The van der Waals surface area contributed by atoms with Crippen LogP contribution in [0.5, 0.6) is 0 Å². The van der Waals surface area contributed by atoms with E-state index >= 15 is 0 Å². The number of carboxylic acids is 1. The maximum Gasteiger partial charge on any atom is 0.337 e. The summed E-state index contributed by atoms with van der Waals surface area (Å²) < 4.78 is 5.46. The summed E-state index contributed by atoms with van der Waals surface area (Å²) in [6, 6.07) is 2.98. The van der Waals surface area contributed by atoms with Crippen molar-refractivity contribution in [3.63, 3.8) is 0 Å². The zero-order chi connectivity index (χ0) is 16.4. The SMILES string of the molecule is Cc1nc(C(=O)N2CCCC3(CCOCC3)C2)ccc1C(=O)O. The van der Waals surface area contributed by atoms with Gasteiger partial charge in [0.2, 0.25) is 0 Å². The number of carboxylic acid groups (broad SMARTS) is 1. The normalized spacial score (nSPS) is 20.5. The third-order valence-electron chi connectivity index (χ3n) is 5.04. The first kappa shape index (κ1) is 15.9. The summed E-state index contributed by atoms with van der Waals surface area (Å²) in [5.41, 5.74) is 1.03. The predicted octanol–water partition coefficient (Wildman–Crippen LogP) is 2.12. The molecule has 0 bridgehead atoms. The number of aromatic carboxylic acids is 1. The van der Waals surface area contributed by atoms with Gasteiger partial charge in [0, 0.05) is 26.3 Å². The number of pyridine rings is 1. The Balaban J connectivity index is 1.77. The van der Waals surface area contributed by atoms with Gasteiger partial charge in [-0.1, -0.05) is 0 Å². The first-order valence-electron chi connectivity index (χ1n) is 8.09. The van der Waals surface area contributed by atoms with E-state index < -0.39 is 5.97 Å². The number of amides is 1. The number of carbonyl (C=O) groups excluding carboxylic acids is 1. The quantitative estimate of drug-likeness (QED) is 0.903. The molecule has 2 aliphatic rings. The van der Waals surface area contributed by atoms with Gasteiger partial charge in [-0.25, -0.2) is 9.78 Å². The second-order valence-electron chi connectivity index (χ2n) is 6.58. The number of aryl methyl sites for hydroxylation is 1. The molecule has 6 nitrogen and oxygen atoms in total. The van der Waals surface area contributed by atoms with Gasteiger partial charge in [-0.15, -0.1) is 0 Å². The molecule has 1 aromatic heterocycles. The smallest absolute Gasteiger partial charge is 0.337 e. The van der Waals surface area contributed by atoms with Crippen LogP contribution in [0.1, 0.15) is 52.2 Å². The average molecular weight is 318 g/mol. The average Bonchev–Trinajstić information content (AvgIpc) is 2.54. The summed E-state index contributed by atoms with van der Waals surface area (Å²) in [6.45, 7) is 4.65. The Labute approximate surface area is 135 Å². The lowest BCUT2D eigenvalue weighted by Crippen LogP contribution is -2.48. The molecule has 0 saturated carbocycles. The number of hydrogen-bond donors (Lipinski definition) is 1. The molecule has 0 unspecified atom stereocenters. The molecular weight excluding hydrogens is 296 g/mol. The van der Waals surface area contributed by atoms with E-state index in [-0.39, 0.29) is 16.9 Å². The third kappa shape index (κ3) is 3.22. The van der Waals surface area contributed by atoms with Gasteiger partial charge in [0.05, 0.1) is 11.3 Å². The number of carbonyl (C=O) groups is 2. The standard InChI is InChI=1S/C17H22N2O4/c1-12-13(16(21)22)3-4-14(18-12)15(20)19-8-2-5-17(11-19)6-9-23-10-7-17/h3-4H,2,5-11H2,1H3,(H,21,22). The topological polar surface area (TPSA) is 79.7 Å². The van der Waals surface area contributed by atoms with Crippen LogP contribution in [0.25, 0.3) is 0 Å². The fourth-order valence-electron chi connectivity index (χ4n) is 3.66. The van der Waals surface area contributed by atoms with Gasteiger partial charge < -0.3 is 14.7 Å². The molecule has 2 saturated heterocycles. The molecule has 124 valence electrons. The Kier molecular flexibility index (Phi) is 4.35. The van der Waals surface area contributed by atoms with Crippen LogP contribution in [0.3, 0.4) is 0 Å². The minimum absolute atomic E-state index is 0.101. The zero-order valence-corrected chi connectivity index (χ0v) is 13.4. The molecule has 1 spiro atoms. The van der Waals surface area contributed by atoms with Crippen molar-refractivity contribution in [3.8, 4) is 0 Å². The molecule has 0 atom stereocenters. The van der Waals surface area contributed by atoms with Crippen LogP contribution < -0.4 is 0 Å². The molecule has 23 heavy (non-hydrogen) atoms. The Hall–Kier alpha value is -1.95. The van der Waals surface area contributed by atoms with Crippen molar-refractivity contribution in [3.05, 3.63) is 29.1 Å². The summed E-state index contributed by atoms with van der Waals surface area (Å²) >= 11 is 0. The van der Waals surface area contributed by atoms with E-state index in [9.17, 15) is 9.59 Å². The Morgan fingerprint density at radius 2 is 2.00 bits per heavy atom. The fourth-order valence-corrected chi connectivity index (χ4v) is 3.66. The van der Waals surface area contributed by atoms with Gasteiger partial charge in [-0.05, 0) is 50.2 Å². The number of hydrogen-bond acceptors (Lipinski definition) is 4. The minimum Gasteiger partial charge on any atom is -0.478 e. The van der Waals surface area contributed by atoms with Crippen LogP contribution in [0.15, 0.2) is 12.1 Å². The second-order valence-corrected chi connectivity index (χ2v) is 6.58. The first-order valence-corrected chi connectivity index (χ1v) is 8.09. The van der Waals surface area contributed by atoms with Gasteiger partial charge in [0.15, 0.2) is 0 Å². The highest BCUT2D eigenvalue weighted by atomic mass is 16.5. The largest absolute Gasteiger partial charge is 0.478 e. The zero-order valence-electron chi connectivity index (χ0n) is 13.4. The molecule has 0 radical (unpaired) electrons. The van der Waals surface area contributed by atoms with E-state index in [0.29, 0.717) is 11.4 Å². The number of ether oxygens (including phenoxy) is 1. The van der Waals surface area contributed by atoms with Crippen molar-refractivity contribution in [1.29, 1.82) is 0 Å². The van der Waals surface area contributed by atoms with E-state index in [2.05, 4.69) is 4.98 Å². The number of rotatable bonds is 2. The van der Waals surface area contributed by atoms with Gasteiger partial charge >= 0.3 is 5.97 Å². The van der Waals surface area contributed by atoms with Gasteiger partial charge in [-0.2, -0.15) is 0 Å². The van der Waals surface area contributed by atoms with Crippen molar-refractivity contribution in [1.82, 2.24) is 9.88 Å². The van der Waals surface area contributed by atoms with Crippen LogP contribution in [-0.4, -0.2) is 53.2 Å². The molecule has 6 heteroatoms. The molecule has 1 amide bonds. The summed E-state index contributed by atoms with van der Waals surface area (Å²) in [7, 11) is 0. The van der Waals surface area contributed by atoms with Crippen molar-refractivity contribution in [2.45, 2.75) is 32.6 Å². The van der Waals surface area contributed by atoms with Crippen LogP contribution >= 0.6 is 0 Å². The van der Waals surface area contributed by atoms with E-state index in [0.717, 1.165) is 52.0 Å². The van der Waals surface area contributed by atoms with E-state index in [1.54, 1.807) is 6.92 Å². The van der Waals surface area contributed by atoms with Crippen molar-refractivity contribution >= 4 is 11.9 Å². The molecule has 3 heterocycles. The molecule has 0 aliphatic carbocycles. The van der Waals surface area contributed by atoms with E-state index in [1.165, 1.54) is 12.1 Å². The number of piperidine rings is 1. The third-order valence-corrected chi connectivity index (χ3v) is 5.04. The molecule has 0 aromatic carbocycles. The minimum atomic E-state index is -1.02. The molecular formula is C17H22N2O4. The van der Waals surface area contributed by atoms with Crippen LogP contribution in [0.2, 0.25) is 0 Å². The summed E-state index contributed by atoms with van der Waals surface area (Å²) in [5.74, 6) is -1.12.